The summed E-state index contributed by atoms with van der Waals surface area (Å²) in [5.74, 6) is -0.674. The Bertz CT molecular complexity index is 506. The first kappa shape index (κ1) is 15.5. The Labute approximate surface area is 125 Å². The van der Waals surface area contributed by atoms with Crippen LogP contribution in [0.15, 0.2) is 30.3 Å². The number of benzene rings is 1. The average molecular weight is 289 g/mol. The topological polar surface area (TPSA) is 66.4 Å². The molecule has 0 radical (unpaired) electrons. The first-order valence-electron chi connectivity index (χ1n) is 7.49. The Morgan fingerprint density at radius 1 is 1.24 bits per heavy atom. The lowest BCUT2D eigenvalue weighted by Gasteiger charge is -2.21. The van der Waals surface area contributed by atoms with Gasteiger partial charge in [0.1, 0.15) is 6.04 Å². The molecule has 1 aromatic carbocycles. The normalized spacial score (nSPS) is 17.3. The van der Waals surface area contributed by atoms with Crippen LogP contribution in [0.4, 0.5) is 0 Å². The van der Waals surface area contributed by atoms with E-state index in [4.69, 9.17) is 0 Å². The summed E-state index contributed by atoms with van der Waals surface area (Å²) in [6, 6.07) is 8.51. The second kappa shape index (κ2) is 6.29. The van der Waals surface area contributed by atoms with Gasteiger partial charge in [0.25, 0.3) is 0 Å². The molecule has 0 bridgehead atoms. The largest absolute Gasteiger partial charge is 0.480 e. The quantitative estimate of drug-likeness (QED) is 0.811. The van der Waals surface area contributed by atoms with Gasteiger partial charge in [-0.1, -0.05) is 44.2 Å². The Balaban J connectivity index is 1.94. The van der Waals surface area contributed by atoms with Crippen LogP contribution in [0.1, 0.15) is 38.7 Å². The smallest absolute Gasteiger partial charge is 0.326 e. The van der Waals surface area contributed by atoms with Gasteiger partial charge >= 0.3 is 5.97 Å². The fourth-order valence-corrected chi connectivity index (χ4v) is 2.73. The van der Waals surface area contributed by atoms with Crippen molar-refractivity contribution in [1.82, 2.24) is 5.32 Å². The van der Waals surface area contributed by atoms with Crippen molar-refractivity contribution in [2.24, 2.45) is 11.3 Å². The number of amides is 1. The Hall–Kier alpha value is -1.84. The molecule has 1 atom stereocenters. The van der Waals surface area contributed by atoms with Crippen LogP contribution in [-0.2, 0) is 16.0 Å². The lowest BCUT2D eigenvalue weighted by molar-refractivity contribution is -0.142. The van der Waals surface area contributed by atoms with E-state index in [2.05, 4.69) is 19.2 Å². The Morgan fingerprint density at radius 3 is 2.33 bits per heavy atom. The summed E-state index contributed by atoms with van der Waals surface area (Å²) in [6.45, 7) is 4.25. The number of nitrogens with one attached hydrogen (secondary N) is 1. The monoisotopic (exact) mass is 289 g/mol. The van der Waals surface area contributed by atoms with Gasteiger partial charge in [-0.15, -0.1) is 0 Å². The Morgan fingerprint density at radius 2 is 1.86 bits per heavy atom. The SMILES string of the molecule is CC(C)C1(CC(=O)NC(Cc2ccccc2)C(=O)O)CC1. The standard InChI is InChI=1S/C17H23NO3/c1-12(2)17(8-9-17)11-15(19)18-14(16(20)21)10-13-6-4-3-5-7-13/h3-7,12,14H,8-11H2,1-2H3,(H,18,19)(H,20,21). The van der Waals surface area contributed by atoms with E-state index in [0.717, 1.165) is 18.4 Å². The fourth-order valence-electron chi connectivity index (χ4n) is 2.73. The van der Waals surface area contributed by atoms with Gasteiger partial charge in [0, 0.05) is 12.8 Å². The molecule has 0 aromatic heterocycles. The van der Waals surface area contributed by atoms with E-state index >= 15 is 0 Å². The second-order valence-corrected chi connectivity index (χ2v) is 6.34. The first-order valence-corrected chi connectivity index (χ1v) is 7.49. The fraction of sp³-hybridized carbons (Fsp3) is 0.529. The molecule has 114 valence electrons. The molecule has 4 nitrogen and oxygen atoms in total. The predicted molar refractivity (Wildman–Crippen MR) is 80.8 cm³/mol. The number of aliphatic carboxylic acids is 1. The maximum Gasteiger partial charge on any atom is 0.326 e. The van der Waals surface area contributed by atoms with E-state index in [9.17, 15) is 14.7 Å². The van der Waals surface area contributed by atoms with Gasteiger partial charge in [-0.3, -0.25) is 4.79 Å². The van der Waals surface area contributed by atoms with E-state index in [-0.39, 0.29) is 11.3 Å². The molecule has 0 aliphatic heterocycles. The summed E-state index contributed by atoms with van der Waals surface area (Å²) in [4.78, 5) is 23.5. The number of carbonyl (C=O) groups is 2. The van der Waals surface area contributed by atoms with Crippen molar-refractivity contribution in [3.8, 4) is 0 Å². The maximum absolute atomic E-state index is 12.1. The van der Waals surface area contributed by atoms with Crippen LogP contribution >= 0.6 is 0 Å². The molecule has 1 unspecified atom stereocenters. The molecule has 21 heavy (non-hydrogen) atoms. The van der Waals surface area contributed by atoms with Crippen molar-refractivity contribution in [3.05, 3.63) is 35.9 Å². The van der Waals surface area contributed by atoms with Crippen molar-refractivity contribution in [3.63, 3.8) is 0 Å². The third kappa shape index (κ3) is 4.06. The third-order valence-electron chi connectivity index (χ3n) is 4.55. The van der Waals surface area contributed by atoms with Gasteiger partial charge in [0.15, 0.2) is 0 Å². The number of hydrogen-bond donors (Lipinski definition) is 2. The van der Waals surface area contributed by atoms with Crippen molar-refractivity contribution in [2.45, 2.75) is 45.6 Å². The summed E-state index contributed by atoms with van der Waals surface area (Å²) >= 11 is 0. The average Bonchev–Trinajstić information content (AvgIpc) is 3.20. The van der Waals surface area contributed by atoms with E-state index < -0.39 is 12.0 Å². The minimum Gasteiger partial charge on any atom is -0.480 e. The zero-order valence-corrected chi connectivity index (χ0v) is 12.6. The summed E-state index contributed by atoms with van der Waals surface area (Å²) < 4.78 is 0. The van der Waals surface area contributed by atoms with E-state index in [1.807, 2.05) is 30.3 Å². The molecular weight excluding hydrogens is 266 g/mol. The van der Waals surface area contributed by atoms with E-state index in [0.29, 0.717) is 18.8 Å². The first-order chi connectivity index (χ1) is 9.93. The highest BCUT2D eigenvalue weighted by molar-refractivity contribution is 5.84. The van der Waals surface area contributed by atoms with Crippen LogP contribution in [-0.4, -0.2) is 23.0 Å². The van der Waals surface area contributed by atoms with Gasteiger partial charge in [0.05, 0.1) is 0 Å². The molecule has 1 aliphatic rings. The number of carboxylic acid groups (broad SMARTS) is 1. The molecular formula is C17H23NO3. The maximum atomic E-state index is 12.1. The minimum absolute atomic E-state index is 0.0971. The number of hydrogen-bond acceptors (Lipinski definition) is 2. The zero-order chi connectivity index (χ0) is 15.5. The van der Waals surface area contributed by atoms with Crippen LogP contribution in [0.2, 0.25) is 0 Å². The van der Waals surface area contributed by atoms with Crippen LogP contribution in [0.25, 0.3) is 0 Å². The molecule has 1 fully saturated rings. The molecule has 1 aromatic rings. The molecule has 2 rings (SSSR count). The predicted octanol–water partition coefficient (Wildman–Crippen LogP) is 2.62. The van der Waals surface area contributed by atoms with E-state index in [1.165, 1.54) is 0 Å². The molecule has 0 saturated heterocycles. The molecule has 1 saturated carbocycles. The van der Waals surface area contributed by atoms with Crippen LogP contribution < -0.4 is 5.32 Å². The molecule has 1 amide bonds. The van der Waals surface area contributed by atoms with Gasteiger partial charge in [-0.2, -0.15) is 0 Å². The van der Waals surface area contributed by atoms with Gasteiger partial charge in [-0.05, 0) is 29.7 Å². The summed E-state index contributed by atoms with van der Waals surface area (Å²) in [5.41, 5.74) is 1.01. The van der Waals surface area contributed by atoms with Crippen molar-refractivity contribution in [2.75, 3.05) is 0 Å². The number of rotatable bonds is 7. The molecule has 1 aliphatic carbocycles. The van der Waals surface area contributed by atoms with Gasteiger partial charge in [-0.25, -0.2) is 4.79 Å². The number of carbonyl (C=O) groups excluding carboxylic acids is 1. The molecule has 0 spiro atoms. The highest BCUT2D eigenvalue weighted by atomic mass is 16.4. The molecule has 2 N–H and O–H groups in total. The summed E-state index contributed by atoms with van der Waals surface area (Å²) in [7, 11) is 0. The van der Waals surface area contributed by atoms with Gasteiger partial charge < -0.3 is 10.4 Å². The lowest BCUT2D eigenvalue weighted by atomic mass is 9.88. The van der Waals surface area contributed by atoms with Crippen LogP contribution in [0.5, 0.6) is 0 Å². The van der Waals surface area contributed by atoms with Crippen LogP contribution in [0, 0.1) is 11.3 Å². The molecule has 4 heteroatoms. The van der Waals surface area contributed by atoms with Gasteiger partial charge in [0.2, 0.25) is 5.91 Å². The van der Waals surface area contributed by atoms with E-state index in [1.54, 1.807) is 0 Å². The minimum atomic E-state index is -0.985. The highest BCUT2D eigenvalue weighted by Gasteiger charge is 2.46. The van der Waals surface area contributed by atoms with Crippen molar-refractivity contribution >= 4 is 11.9 Å². The third-order valence-corrected chi connectivity index (χ3v) is 4.55. The van der Waals surface area contributed by atoms with Crippen LogP contribution in [0.3, 0.4) is 0 Å². The molecule has 0 heterocycles. The van der Waals surface area contributed by atoms with Crippen molar-refractivity contribution in [1.29, 1.82) is 0 Å². The highest BCUT2D eigenvalue weighted by Crippen LogP contribution is 2.54. The number of carboxylic acids is 1. The Kier molecular flexibility index (Phi) is 4.66. The summed E-state index contributed by atoms with van der Waals surface area (Å²) in [6.07, 6.45) is 2.88. The van der Waals surface area contributed by atoms with Crippen molar-refractivity contribution < 1.29 is 14.7 Å². The second-order valence-electron chi connectivity index (χ2n) is 6.34. The zero-order valence-electron chi connectivity index (χ0n) is 12.6. The lowest BCUT2D eigenvalue weighted by Crippen LogP contribution is -2.43. The summed E-state index contributed by atoms with van der Waals surface area (Å²) in [5, 5.41) is 12.0.